The second kappa shape index (κ2) is 17.9. The van der Waals surface area contributed by atoms with Crippen molar-refractivity contribution in [2.75, 3.05) is 68.1 Å². The van der Waals surface area contributed by atoms with Gasteiger partial charge in [0.25, 0.3) is 5.91 Å². The van der Waals surface area contributed by atoms with Gasteiger partial charge in [-0.05, 0) is 128 Å². The average Bonchev–Trinajstić information content (AvgIpc) is 3.75. The molecule has 1 fully saturated rings. The van der Waals surface area contributed by atoms with Crippen LogP contribution in [0.3, 0.4) is 0 Å². The number of piperidine rings is 1. The summed E-state index contributed by atoms with van der Waals surface area (Å²) in [6.07, 6.45) is 6.96. The van der Waals surface area contributed by atoms with Crippen molar-refractivity contribution in [2.45, 2.75) is 83.1 Å². The fourth-order valence-electron chi connectivity index (χ4n) is 10.5. The minimum absolute atomic E-state index is 0.0493. The van der Waals surface area contributed by atoms with E-state index in [0.717, 1.165) is 67.0 Å². The maximum absolute atomic E-state index is 15.3. The van der Waals surface area contributed by atoms with Crippen LogP contribution in [0.25, 0.3) is 0 Å². The summed E-state index contributed by atoms with van der Waals surface area (Å²) in [5.41, 5.74) is 5.85. The fourth-order valence-corrected chi connectivity index (χ4v) is 10.5. The first kappa shape index (κ1) is 41.1. The Labute approximate surface area is 348 Å². The van der Waals surface area contributed by atoms with Gasteiger partial charge in [0.05, 0.1) is 34.5 Å². The molecule has 59 heavy (non-hydrogen) atoms. The Morgan fingerprint density at radius 2 is 1.51 bits per heavy atom. The van der Waals surface area contributed by atoms with E-state index in [1.54, 1.807) is 28.4 Å². The molecule has 0 saturated carbocycles. The van der Waals surface area contributed by atoms with Crippen LogP contribution in [0, 0.1) is 17.8 Å². The van der Waals surface area contributed by atoms with Gasteiger partial charge in [0.1, 0.15) is 0 Å². The Morgan fingerprint density at radius 3 is 2.20 bits per heavy atom. The van der Waals surface area contributed by atoms with Crippen LogP contribution in [0.4, 0.5) is 0 Å². The topological polar surface area (TPSA) is 118 Å². The number of hydrogen-bond donors (Lipinski definition) is 1. The Hall–Kier alpha value is -4.65. The number of allylic oxidation sites excluding steroid dienone is 1. The molecule has 1 saturated heterocycles. The van der Waals surface area contributed by atoms with Crippen LogP contribution in [-0.4, -0.2) is 95.2 Å². The third-order valence-electron chi connectivity index (χ3n) is 13.5. The number of methoxy groups -OCH3 is 4. The minimum atomic E-state index is -0.679. The standard InChI is InChI=1S/C47H60N2O10/c1-7-28-26-48-15-13-30-20-40(52-3)42(54-5)24-35(30)37(48)18-32(28)19-38-36-25-43(55-6)41(53-4)21-31(36)14-16-49(38)46(51)45-23-34(29-11-12-39-44(22-29)58-27-57-39)33(10-9-17-50)47(59-45)56-8-2/h11-12,20-25,28,32-34,37-38,47,50H,7-10,13-19,26-27H2,1-6H3. The van der Waals surface area contributed by atoms with E-state index >= 15 is 4.79 Å². The van der Waals surface area contributed by atoms with Crippen LogP contribution in [-0.2, 0) is 27.1 Å². The van der Waals surface area contributed by atoms with E-state index in [2.05, 4.69) is 36.1 Å². The number of carbonyl (C=O) groups excluding carboxylic acids is 1. The monoisotopic (exact) mass is 812 g/mol. The van der Waals surface area contributed by atoms with E-state index in [1.165, 1.54) is 11.1 Å². The Balaban J connectivity index is 1.17. The molecule has 0 radical (unpaired) electrons. The molecule has 8 rings (SSSR count). The third kappa shape index (κ3) is 7.91. The molecule has 1 amide bonds. The third-order valence-corrected chi connectivity index (χ3v) is 13.5. The average molecular weight is 813 g/mol. The van der Waals surface area contributed by atoms with Crippen molar-refractivity contribution < 1.29 is 47.8 Å². The molecule has 0 bridgehead atoms. The molecule has 12 heteroatoms. The predicted molar refractivity (Wildman–Crippen MR) is 221 cm³/mol. The summed E-state index contributed by atoms with van der Waals surface area (Å²) in [4.78, 5) is 20.0. The number of aliphatic hydroxyl groups is 1. The molecular formula is C47H60N2O10. The fraction of sp³-hybridized carbons (Fsp3) is 0.553. The van der Waals surface area contributed by atoms with E-state index in [1.807, 2.05) is 36.1 Å². The summed E-state index contributed by atoms with van der Waals surface area (Å²) in [6.45, 7) is 7.39. The number of aliphatic hydroxyl groups excluding tert-OH is 1. The highest BCUT2D eigenvalue weighted by Crippen LogP contribution is 2.50. The molecule has 12 nitrogen and oxygen atoms in total. The number of hydrogen-bond acceptors (Lipinski definition) is 11. The second-order valence-electron chi connectivity index (χ2n) is 16.4. The molecule has 3 aromatic carbocycles. The van der Waals surface area contributed by atoms with Gasteiger partial charge in [-0.1, -0.05) is 19.4 Å². The molecule has 3 aromatic rings. The largest absolute Gasteiger partial charge is 0.493 e. The molecule has 0 aromatic heterocycles. The number of carbonyl (C=O) groups is 1. The first-order valence-electron chi connectivity index (χ1n) is 21.4. The lowest BCUT2D eigenvalue weighted by Gasteiger charge is -2.49. The van der Waals surface area contributed by atoms with Gasteiger partial charge in [0.15, 0.2) is 40.3 Å². The van der Waals surface area contributed by atoms with Gasteiger partial charge in [-0.3, -0.25) is 9.69 Å². The van der Waals surface area contributed by atoms with Crippen LogP contribution in [0.5, 0.6) is 34.5 Å². The summed E-state index contributed by atoms with van der Waals surface area (Å²) in [5, 5.41) is 9.89. The number of amides is 1. The molecule has 7 unspecified atom stereocenters. The van der Waals surface area contributed by atoms with Crippen molar-refractivity contribution in [2.24, 2.45) is 17.8 Å². The van der Waals surface area contributed by atoms with E-state index in [-0.39, 0.29) is 49.0 Å². The zero-order valence-electron chi connectivity index (χ0n) is 35.4. The van der Waals surface area contributed by atoms with Gasteiger partial charge in [-0.2, -0.15) is 0 Å². The summed E-state index contributed by atoms with van der Waals surface area (Å²) >= 11 is 0. The van der Waals surface area contributed by atoms with Gasteiger partial charge in [-0.15, -0.1) is 0 Å². The predicted octanol–water partition coefficient (Wildman–Crippen LogP) is 7.36. The van der Waals surface area contributed by atoms with Gasteiger partial charge in [0, 0.05) is 50.7 Å². The highest BCUT2D eigenvalue weighted by atomic mass is 16.7. The highest BCUT2D eigenvalue weighted by Gasteiger charge is 2.45. The van der Waals surface area contributed by atoms with Crippen LogP contribution in [0.2, 0.25) is 0 Å². The molecule has 1 N–H and O–H groups in total. The van der Waals surface area contributed by atoms with Gasteiger partial charge in [-0.25, -0.2) is 0 Å². The molecule has 318 valence electrons. The maximum atomic E-state index is 15.3. The molecule has 0 spiro atoms. The number of fused-ring (bicyclic) bond motifs is 5. The molecule has 5 aliphatic heterocycles. The van der Waals surface area contributed by atoms with Crippen LogP contribution in [0.15, 0.2) is 54.3 Å². The lowest BCUT2D eigenvalue weighted by atomic mass is 9.72. The van der Waals surface area contributed by atoms with E-state index in [9.17, 15) is 5.11 Å². The van der Waals surface area contributed by atoms with Crippen molar-refractivity contribution >= 4 is 5.91 Å². The van der Waals surface area contributed by atoms with Crippen molar-refractivity contribution in [3.05, 3.63) is 82.1 Å². The van der Waals surface area contributed by atoms with E-state index in [4.69, 9.17) is 37.9 Å². The van der Waals surface area contributed by atoms with Crippen LogP contribution < -0.4 is 28.4 Å². The first-order valence-corrected chi connectivity index (χ1v) is 21.4. The van der Waals surface area contributed by atoms with Crippen LogP contribution >= 0.6 is 0 Å². The summed E-state index contributed by atoms with van der Waals surface area (Å²) in [7, 11) is 6.72. The smallest absolute Gasteiger partial charge is 0.289 e. The Bertz CT molecular complexity index is 2020. The second-order valence-corrected chi connectivity index (χ2v) is 16.4. The number of benzene rings is 3. The zero-order valence-corrected chi connectivity index (χ0v) is 35.4. The van der Waals surface area contributed by atoms with Crippen LogP contribution in [0.1, 0.15) is 91.8 Å². The number of nitrogens with zero attached hydrogens (tertiary/aromatic N) is 2. The SMILES string of the molecule is CCOC1OC(C(=O)N2CCc3cc(OC)c(OC)cc3C2CC2CC3c4cc(OC)c(OC)cc4CCN3CC2CC)=CC(c2ccc3c(c2)OCO3)C1CCCO. The molecule has 5 heterocycles. The van der Waals surface area contributed by atoms with Crippen molar-refractivity contribution in [3.63, 3.8) is 0 Å². The van der Waals surface area contributed by atoms with Gasteiger partial charge in [0.2, 0.25) is 13.1 Å². The molecule has 7 atom stereocenters. The first-order chi connectivity index (χ1) is 28.8. The van der Waals surface area contributed by atoms with Gasteiger partial charge < -0.3 is 47.9 Å². The number of rotatable bonds is 14. The van der Waals surface area contributed by atoms with Crippen molar-refractivity contribution in [3.8, 4) is 34.5 Å². The van der Waals surface area contributed by atoms with E-state index < -0.39 is 6.29 Å². The normalized spacial score (nSPS) is 25.8. The van der Waals surface area contributed by atoms with Gasteiger partial charge >= 0.3 is 0 Å². The lowest BCUT2D eigenvalue weighted by Crippen LogP contribution is -2.48. The molecular weight excluding hydrogens is 753 g/mol. The Morgan fingerprint density at radius 1 is 0.831 bits per heavy atom. The van der Waals surface area contributed by atoms with Crippen molar-refractivity contribution in [1.29, 1.82) is 0 Å². The quantitative estimate of drug-likeness (QED) is 0.176. The minimum Gasteiger partial charge on any atom is -0.493 e. The number of ether oxygens (including phenoxy) is 8. The summed E-state index contributed by atoms with van der Waals surface area (Å²) in [5.74, 6) is 4.76. The lowest BCUT2D eigenvalue weighted by molar-refractivity contribution is -0.171. The van der Waals surface area contributed by atoms with Crippen molar-refractivity contribution in [1.82, 2.24) is 9.80 Å². The molecule has 5 aliphatic rings. The maximum Gasteiger partial charge on any atom is 0.289 e. The zero-order chi connectivity index (χ0) is 41.2. The highest BCUT2D eigenvalue weighted by molar-refractivity contribution is 5.92. The summed E-state index contributed by atoms with van der Waals surface area (Å²) < 4.78 is 47.5. The van der Waals surface area contributed by atoms with E-state index in [0.29, 0.717) is 67.2 Å². The Kier molecular flexibility index (Phi) is 12.5. The molecule has 0 aliphatic carbocycles. The summed E-state index contributed by atoms with van der Waals surface area (Å²) in [6, 6.07) is 14.5.